The van der Waals surface area contributed by atoms with Crippen LogP contribution in [0.15, 0.2) is 60.7 Å². The maximum absolute atomic E-state index is 13.7. The molecule has 1 amide bonds. The van der Waals surface area contributed by atoms with Crippen molar-refractivity contribution in [1.29, 1.82) is 0 Å². The van der Waals surface area contributed by atoms with Gasteiger partial charge in [-0.3, -0.25) is 4.79 Å². The molecule has 0 aliphatic rings. The summed E-state index contributed by atoms with van der Waals surface area (Å²) < 4.78 is 26.6. The van der Waals surface area contributed by atoms with E-state index in [0.717, 1.165) is 0 Å². The van der Waals surface area contributed by atoms with Crippen LogP contribution in [0.1, 0.15) is 10.4 Å². The monoisotopic (exact) mass is 283 g/mol. The fraction of sp³-hybridized carbons (Fsp3) is 0. The molecular weight excluding hydrogens is 272 g/mol. The number of carbonyl (C=O) groups excluding carboxylic acids is 1. The molecule has 3 aromatic rings. The highest BCUT2D eigenvalue weighted by Gasteiger charge is 2.12. The Bertz CT molecular complexity index is 813. The molecule has 1 N–H and O–H groups in total. The van der Waals surface area contributed by atoms with Gasteiger partial charge in [-0.15, -0.1) is 0 Å². The molecule has 0 atom stereocenters. The van der Waals surface area contributed by atoms with Gasteiger partial charge in [0.25, 0.3) is 5.91 Å². The van der Waals surface area contributed by atoms with E-state index in [1.54, 1.807) is 24.3 Å². The first kappa shape index (κ1) is 13.2. The topological polar surface area (TPSA) is 29.1 Å². The average Bonchev–Trinajstić information content (AvgIpc) is 2.50. The third kappa shape index (κ3) is 2.60. The lowest BCUT2D eigenvalue weighted by atomic mass is 10.0. The van der Waals surface area contributed by atoms with Gasteiger partial charge in [-0.2, -0.15) is 0 Å². The number of fused-ring (bicyclic) bond motifs is 1. The largest absolute Gasteiger partial charge is 0.322 e. The van der Waals surface area contributed by atoms with E-state index in [4.69, 9.17) is 0 Å². The molecule has 104 valence electrons. The van der Waals surface area contributed by atoms with Crippen molar-refractivity contribution in [3.63, 3.8) is 0 Å². The van der Waals surface area contributed by atoms with E-state index in [1.807, 2.05) is 0 Å². The van der Waals surface area contributed by atoms with Crippen molar-refractivity contribution >= 4 is 22.4 Å². The Hall–Kier alpha value is -2.75. The average molecular weight is 283 g/mol. The minimum Gasteiger partial charge on any atom is -0.322 e. The second-order valence-corrected chi connectivity index (χ2v) is 4.60. The molecular formula is C17H11F2NO. The Balaban J connectivity index is 1.98. The highest BCUT2D eigenvalue weighted by atomic mass is 19.1. The molecule has 0 aliphatic carbocycles. The summed E-state index contributed by atoms with van der Waals surface area (Å²) in [4.78, 5) is 12.3. The fourth-order valence-corrected chi connectivity index (χ4v) is 2.19. The van der Waals surface area contributed by atoms with Gasteiger partial charge in [0.1, 0.15) is 11.6 Å². The van der Waals surface area contributed by atoms with Gasteiger partial charge in [0, 0.05) is 16.6 Å². The number of halogens is 2. The Morgan fingerprint density at radius 2 is 1.48 bits per heavy atom. The molecule has 0 bridgehead atoms. The summed E-state index contributed by atoms with van der Waals surface area (Å²) >= 11 is 0. The second-order valence-electron chi connectivity index (χ2n) is 4.60. The van der Waals surface area contributed by atoms with Crippen molar-refractivity contribution in [3.05, 3.63) is 77.9 Å². The zero-order valence-electron chi connectivity index (χ0n) is 10.9. The third-order valence-corrected chi connectivity index (χ3v) is 3.22. The molecule has 2 nitrogen and oxygen atoms in total. The molecule has 0 aromatic heterocycles. The highest BCUT2D eigenvalue weighted by Crippen LogP contribution is 2.22. The minimum atomic E-state index is -0.375. The lowest BCUT2D eigenvalue weighted by Gasteiger charge is -2.08. The summed E-state index contributed by atoms with van der Waals surface area (Å²) in [7, 11) is 0. The van der Waals surface area contributed by atoms with E-state index in [1.165, 1.54) is 36.4 Å². The van der Waals surface area contributed by atoms with E-state index in [2.05, 4.69) is 5.32 Å². The van der Waals surface area contributed by atoms with Crippen LogP contribution in [0.4, 0.5) is 14.5 Å². The first-order chi connectivity index (χ1) is 10.1. The van der Waals surface area contributed by atoms with Crippen LogP contribution in [-0.2, 0) is 0 Å². The highest BCUT2D eigenvalue weighted by molar-refractivity contribution is 6.13. The van der Waals surface area contributed by atoms with E-state index >= 15 is 0 Å². The molecule has 0 fully saturated rings. The quantitative estimate of drug-likeness (QED) is 0.743. The zero-order valence-corrected chi connectivity index (χ0v) is 10.9. The summed E-state index contributed by atoms with van der Waals surface area (Å²) in [6.07, 6.45) is 0. The van der Waals surface area contributed by atoms with Crippen molar-refractivity contribution in [2.45, 2.75) is 0 Å². The molecule has 0 saturated carbocycles. The van der Waals surface area contributed by atoms with Gasteiger partial charge in [-0.05, 0) is 41.8 Å². The van der Waals surface area contributed by atoms with Crippen LogP contribution in [0.3, 0.4) is 0 Å². The Morgan fingerprint density at radius 3 is 2.19 bits per heavy atom. The normalized spacial score (nSPS) is 10.6. The first-order valence-electron chi connectivity index (χ1n) is 6.39. The summed E-state index contributed by atoms with van der Waals surface area (Å²) in [6.45, 7) is 0. The first-order valence-corrected chi connectivity index (χ1v) is 6.39. The molecule has 0 saturated heterocycles. The molecule has 3 aromatic carbocycles. The smallest absolute Gasteiger partial charge is 0.256 e. The van der Waals surface area contributed by atoms with Crippen molar-refractivity contribution in [1.82, 2.24) is 0 Å². The Morgan fingerprint density at radius 1 is 0.810 bits per heavy atom. The Kier molecular flexibility index (Phi) is 3.36. The van der Waals surface area contributed by atoms with Gasteiger partial charge >= 0.3 is 0 Å². The van der Waals surface area contributed by atoms with Gasteiger partial charge in [-0.25, -0.2) is 8.78 Å². The van der Waals surface area contributed by atoms with Crippen LogP contribution in [0.5, 0.6) is 0 Å². The number of anilines is 1. The van der Waals surface area contributed by atoms with Crippen LogP contribution in [0, 0.1) is 11.6 Å². The van der Waals surface area contributed by atoms with Crippen molar-refractivity contribution < 1.29 is 13.6 Å². The van der Waals surface area contributed by atoms with Crippen molar-refractivity contribution in [3.8, 4) is 0 Å². The van der Waals surface area contributed by atoms with E-state index < -0.39 is 0 Å². The second kappa shape index (κ2) is 5.32. The summed E-state index contributed by atoms with van der Waals surface area (Å²) in [5.74, 6) is -1.11. The van der Waals surface area contributed by atoms with Crippen LogP contribution in [-0.4, -0.2) is 5.91 Å². The third-order valence-electron chi connectivity index (χ3n) is 3.22. The number of benzene rings is 3. The van der Waals surface area contributed by atoms with E-state index in [0.29, 0.717) is 22.0 Å². The minimum absolute atomic E-state index is 0.363. The lowest BCUT2D eigenvalue weighted by Crippen LogP contribution is -2.12. The van der Waals surface area contributed by atoms with Crippen LogP contribution < -0.4 is 5.32 Å². The number of carbonyl (C=O) groups is 1. The predicted molar refractivity (Wildman–Crippen MR) is 78.3 cm³/mol. The molecule has 21 heavy (non-hydrogen) atoms. The lowest BCUT2D eigenvalue weighted by molar-refractivity contribution is 0.102. The predicted octanol–water partition coefficient (Wildman–Crippen LogP) is 4.37. The number of hydrogen-bond donors (Lipinski definition) is 1. The van der Waals surface area contributed by atoms with E-state index in [-0.39, 0.29) is 17.5 Å². The van der Waals surface area contributed by atoms with Gasteiger partial charge in [0.15, 0.2) is 0 Å². The Labute approximate surface area is 120 Å². The van der Waals surface area contributed by atoms with Crippen LogP contribution >= 0.6 is 0 Å². The molecule has 4 heteroatoms. The number of amides is 1. The maximum Gasteiger partial charge on any atom is 0.256 e. The number of rotatable bonds is 2. The van der Waals surface area contributed by atoms with Crippen LogP contribution in [0.25, 0.3) is 10.8 Å². The summed E-state index contributed by atoms with van der Waals surface area (Å²) in [5.41, 5.74) is 0.853. The van der Waals surface area contributed by atoms with Gasteiger partial charge in [0.2, 0.25) is 0 Å². The maximum atomic E-state index is 13.7. The molecule has 0 radical (unpaired) electrons. The van der Waals surface area contributed by atoms with Crippen LogP contribution in [0.2, 0.25) is 0 Å². The summed E-state index contributed by atoms with van der Waals surface area (Å²) in [6, 6.07) is 15.0. The SMILES string of the molecule is O=C(Nc1ccc(F)cc1)c1ccc(F)c2ccccc12. The van der Waals surface area contributed by atoms with Crippen molar-refractivity contribution in [2.75, 3.05) is 5.32 Å². The zero-order chi connectivity index (χ0) is 14.8. The molecule has 0 aliphatic heterocycles. The summed E-state index contributed by atoms with van der Waals surface area (Å²) in [5, 5.41) is 3.60. The fourth-order valence-electron chi connectivity index (χ4n) is 2.19. The molecule has 3 rings (SSSR count). The van der Waals surface area contributed by atoms with Crippen molar-refractivity contribution in [2.24, 2.45) is 0 Å². The standard InChI is InChI=1S/C17H11F2NO/c18-11-5-7-12(8-6-11)20-17(21)15-9-10-16(19)14-4-2-1-3-13(14)15/h1-10H,(H,20,21). The molecule has 0 spiro atoms. The number of hydrogen-bond acceptors (Lipinski definition) is 1. The molecule has 0 unspecified atom stereocenters. The van der Waals surface area contributed by atoms with E-state index in [9.17, 15) is 13.6 Å². The molecule has 0 heterocycles. The number of nitrogens with one attached hydrogen (secondary N) is 1. The van der Waals surface area contributed by atoms with Gasteiger partial charge < -0.3 is 5.32 Å². The van der Waals surface area contributed by atoms with Gasteiger partial charge in [0.05, 0.1) is 0 Å². The van der Waals surface area contributed by atoms with Gasteiger partial charge in [-0.1, -0.05) is 24.3 Å².